The fourth-order valence-corrected chi connectivity index (χ4v) is 5.43. The van der Waals surface area contributed by atoms with Gasteiger partial charge in [-0.2, -0.15) is 0 Å². The van der Waals surface area contributed by atoms with E-state index < -0.39 is 10.0 Å². The van der Waals surface area contributed by atoms with Crippen LogP contribution in [0.4, 0.5) is 10.8 Å². The van der Waals surface area contributed by atoms with Crippen LogP contribution in [-0.2, 0) is 10.0 Å². The van der Waals surface area contributed by atoms with Crippen molar-refractivity contribution < 1.29 is 13.2 Å². The van der Waals surface area contributed by atoms with Crippen LogP contribution in [0, 0.1) is 0 Å². The van der Waals surface area contributed by atoms with Gasteiger partial charge in [0.25, 0.3) is 15.9 Å². The summed E-state index contributed by atoms with van der Waals surface area (Å²) in [6.07, 6.45) is 0. The summed E-state index contributed by atoms with van der Waals surface area (Å²) in [6.45, 7) is 0. The number of carbonyl (C=O) groups is 1. The number of halogens is 1. The molecule has 0 aliphatic heterocycles. The van der Waals surface area contributed by atoms with E-state index in [4.69, 9.17) is 11.6 Å². The van der Waals surface area contributed by atoms with Crippen LogP contribution in [0.3, 0.4) is 0 Å². The first kappa shape index (κ1) is 20.5. The molecule has 0 bridgehead atoms. The number of carbonyl (C=O) groups excluding carboxylic acids is 1. The summed E-state index contributed by atoms with van der Waals surface area (Å²) < 4.78 is 27.9. The lowest BCUT2D eigenvalue weighted by Crippen LogP contribution is -2.14. The van der Waals surface area contributed by atoms with Gasteiger partial charge in [0.2, 0.25) is 0 Å². The average Bonchev–Trinajstić information content (AvgIpc) is 3.38. The zero-order chi connectivity index (χ0) is 21.1. The van der Waals surface area contributed by atoms with Gasteiger partial charge < -0.3 is 0 Å². The van der Waals surface area contributed by atoms with Gasteiger partial charge in [-0.15, -0.1) is 22.7 Å². The minimum Gasteiger partial charge on any atom is -0.298 e. The highest BCUT2D eigenvalue weighted by Gasteiger charge is 2.15. The Balaban J connectivity index is 1.43. The van der Waals surface area contributed by atoms with Crippen molar-refractivity contribution in [2.45, 2.75) is 4.90 Å². The maximum Gasteiger partial charge on any atom is 0.261 e. The number of anilines is 2. The second-order valence-electron chi connectivity index (χ2n) is 6.09. The van der Waals surface area contributed by atoms with E-state index in [-0.39, 0.29) is 10.8 Å². The Hall–Kier alpha value is -2.72. The third-order valence-corrected chi connectivity index (χ3v) is 7.41. The van der Waals surface area contributed by atoms with Crippen molar-refractivity contribution in [1.29, 1.82) is 0 Å². The van der Waals surface area contributed by atoms with Crippen LogP contribution < -0.4 is 10.0 Å². The summed E-state index contributed by atoms with van der Waals surface area (Å²) in [5.74, 6) is -0.336. The molecule has 0 saturated heterocycles. The Kier molecular flexibility index (Phi) is 5.87. The van der Waals surface area contributed by atoms with Crippen LogP contribution in [0.5, 0.6) is 0 Å². The molecule has 0 radical (unpaired) electrons. The van der Waals surface area contributed by atoms with Crippen LogP contribution >= 0.6 is 34.3 Å². The number of benzene rings is 2. The number of amides is 1. The molecule has 1 amide bonds. The Labute approximate surface area is 186 Å². The summed E-state index contributed by atoms with van der Waals surface area (Å²) >= 11 is 8.68. The predicted molar refractivity (Wildman–Crippen MR) is 122 cm³/mol. The number of thiazole rings is 1. The summed E-state index contributed by atoms with van der Waals surface area (Å²) in [4.78, 5) is 18.0. The number of aromatic nitrogens is 1. The van der Waals surface area contributed by atoms with Gasteiger partial charge in [0, 0.05) is 16.6 Å². The van der Waals surface area contributed by atoms with Crippen molar-refractivity contribution in [1.82, 2.24) is 4.98 Å². The molecule has 2 aromatic heterocycles. The zero-order valence-electron chi connectivity index (χ0n) is 15.2. The van der Waals surface area contributed by atoms with Gasteiger partial charge in [-0.05, 0) is 48.5 Å². The second-order valence-corrected chi connectivity index (χ2v) is 10.3. The van der Waals surface area contributed by atoms with Crippen LogP contribution in [0.25, 0.3) is 10.6 Å². The van der Waals surface area contributed by atoms with Crippen molar-refractivity contribution in [3.63, 3.8) is 0 Å². The van der Waals surface area contributed by atoms with Crippen LogP contribution in [0.15, 0.2) is 77.0 Å². The van der Waals surface area contributed by atoms with E-state index in [0.29, 0.717) is 20.7 Å². The number of nitrogens with zero attached hydrogens (tertiary/aromatic N) is 1. The Bertz CT molecular complexity index is 1280. The number of thiophene rings is 1. The van der Waals surface area contributed by atoms with E-state index in [1.54, 1.807) is 36.4 Å². The second kappa shape index (κ2) is 8.57. The van der Waals surface area contributed by atoms with Gasteiger partial charge in [0.1, 0.15) is 0 Å². The molecule has 2 heterocycles. The number of hydrogen-bond acceptors (Lipinski definition) is 6. The van der Waals surface area contributed by atoms with Crippen molar-refractivity contribution in [2.24, 2.45) is 0 Å². The van der Waals surface area contributed by atoms with Crippen molar-refractivity contribution in [3.8, 4) is 10.6 Å². The van der Waals surface area contributed by atoms with E-state index in [0.717, 1.165) is 10.6 Å². The van der Waals surface area contributed by atoms with Gasteiger partial charge >= 0.3 is 0 Å². The molecule has 0 aliphatic rings. The molecule has 0 aliphatic carbocycles. The molecule has 4 rings (SSSR count). The quantitative estimate of drug-likeness (QED) is 0.381. The molecule has 6 nitrogen and oxygen atoms in total. The van der Waals surface area contributed by atoms with E-state index >= 15 is 0 Å². The first-order valence-electron chi connectivity index (χ1n) is 8.61. The van der Waals surface area contributed by atoms with Crippen molar-refractivity contribution in [3.05, 3.63) is 82.0 Å². The number of rotatable bonds is 6. The largest absolute Gasteiger partial charge is 0.298 e. The molecule has 0 fully saturated rings. The van der Waals surface area contributed by atoms with Crippen molar-refractivity contribution >= 4 is 61.0 Å². The van der Waals surface area contributed by atoms with Gasteiger partial charge in [-0.1, -0.05) is 29.8 Å². The van der Waals surface area contributed by atoms with E-state index in [1.807, 2.05) is 11.4 Å². The predicted octanol–water partition coefficient (Wildman–Crippen LogP) is 5.58. The normalized spacial score (nSPS) is 11.2. The third-order valence-electron chi connectivity index (χ3n) is 4.00. The lowest BCUT2D eigenvalue weighted by atomic mass is 10.2. The molecule has 2 N–H and O–H groups in total. The smallest absolute Gasteiger partial charge is 0.261 e. The molecule has 0 atom stereocenters. The number of hydrogen-bond donors (Lipinski definition) is 2. The van der Waals surface area contributed by atoms with Gasteiger partial charge in [0.05, 0.1) is 19.8 Å². The molecule has 4 aromatic rings. The molecular formula is C20H14ClN3O3S3. The van der Waals surface area contributed by atoms with Crippen LogP contribution in [-0.4, -0.2) is 19.3 Å². The Morgan fingerprint density at radius 1 is 0.967 bits per heavy atom. The Morgan fingerprint density at radius 3 is 2.37 bits per heavy atom. The minimum atomic E-state index is -3.68. The standard InChI is InChI=1S/C20H14ClN3O3S3/c21-18-11-10-17(29-18)16-12-28-20(22-16)23-19(25)13-6-8-14(9-7-13)24-30(26,27)15-4-2-1-3-5-15/h1-12,24H,(H,22,23,25). The van der Waals surface area contributed by atoms with Gasteiger partial charge in [-0.25, -0.2) is 13.4 Å². The first-order chi connectivity index (χ1) is 14.4. The lowest BCUT2D eigenvalue weighted by molar-refractivity contribution is 0.102. The minimum absolute atomic E-state index is 0.165. The summed E-state index contributed by atoms with van der Waals surface area (Å²) in [6, 6.07) is 17.9. The van der Waals surface area contributed by atoms with E-state index in [9.17, 15) is 13.2 Å². The summed E-state index contributed by atoms with van der Waals surface area (Å²) in [5, 5.41) is 5.06. The maximum absolute atomic E-state index is 12.5. The monoisotopic (exact) mass is 475 g/mol. The first-order valence-corrected chi connectivity index (χ1v) is 12.2. The molecular weight excluding hydrogens is 462 g/mol. The summed E-state index contributed by atoms with van der Waals surface area (Å²) in [5.41, 5.74) is 1.49. The van der Waals surface area contributed by atoms with Gasteiger partial charge in [0.15, 0.2) is 5.13 Å². The van der Waals surface area contributed by atoms with Crippen LogP contribution in [0.1, 0.15) is 10.4 Å². The van der Waals surface area contributed by atoms with E-state index in [2.05, 4.69) is 15.0 Å². The highest BCUT2D eigenvalue weighted by atomic mass is 35.5. The number of sulfonamides is 1. The molecule has 0 spiro atoms. The van der Waals surface area contributed by atoms with Crippen molar-refractivity contribution in [2.75, 3.05) is 10.0 Å². The summed E-state index contributed by atoms with van der Waals surface area (Å²) in [7, 11) is -3.68. The maximum atomic E-state index is 12.5. The molecule has 10 heteroatoms. The highest BCUT2D eigenvalue weighted by Crippen LogP contribution is 2.33. The molecule has 2 aromatic carbocycles. The Morgan fingerprint density at radius 2 is 1.70 bits per heavy atom. The van der Waals surface area contributed by atoms with E-state index in [1.165, 1.54) is 46.9 Å². The molecule has 0 unspecified atom stereocenters. The average molecular weight is 476 g/mol. The molecule has 0 saturated carbocycles. The lowest BCUT2D eigenvalue weighted by Gasteiger charge is -2.08. The fourth-order valence-electron chi connectivity index (χ4n) is 2.57. The molecule has 30 heavy (non-hydrogen) atoms. The van der Waals surface area contributed by atoms with Crippen LogP contribution in [0.2, 0.25) is 4.34 Å². The SMILES string of the molecule is O=C(Nc1nc(-c2ccc(Cl)s2)cs1)c1ccc(NS(=O)(=O)c2ccccc2)cc1. The zero-order valence-corrected chi connectivity index (χ0v) is 18.4. The molecule has 152 valence electrons. The fraction of sp³-hybridized carbons (Fsp3) is 0. The number of nitrogens with one attached hydrogen (secondary N) is 2. The highest BCUT2D eigenvalue weighted by molar-refractivity contribution is 7.92. The third kappa shape index (κ3) is 4.71. The topological polar surface area (TPSA) is 88.2 Å². The van der Waals surface area contributed by atoms with Gasteiger partial charge in [-0.3, -0.25) is 14.8 Å².